The number of fused-ring (bicyclic) bond motifs is 2. The summed E-state index contributed by atoms with van der Waals surface area (Å²) in [6.07, 6.45) is 8.98. The average molecular weight is 327 g/mol. The van der Waals surface area contributed by atoms with Crippen molar-refractivity contribution in [3.8, 4) is 0 Å². The summed E-state index contributed by atoms with van der Waals surface area (Å²) >= 11 is 0. The molecule has 0 spiro atoms. The molecule has 0 heterocycles. The van der Waals surface area contributed by atoms with Crippen LogP contribution < -0.4 is 0 Å². The minimum atomic E-state index is -0.532. The second kappa shape index (κ2) is 8.50. The average Bonchev–Trinajstić information content (AvgIpc) is 2.45. The minimum Gasteiger partial charge on any atom is -0.301 e. The number of hydrogen-bond donors (Lipinski definition) is 1. The molecule has 0 amide bonds. The number of unbranched alkanes of at least 4 members (excludes halogenated alkanes) is 2. The molecule has 2 bridgehead atoms. The zero-order valence-electron chi connectivity index (χ0n) is 16.2. The van der Waals surface area contributed by atoms with Crippen molar-refractivity contribution in [1.29, 1.82) is 0 Å². The highest BCUT2D eigenvalue weighted by Gasteiger charge is 2.52. The van der Waals surface area contributed by atoms with Crippen LogP contribution in [0.2, 0.25) is 0 Å². The van der Waals surface area contributed by atoms with E-state index < -0.39 is 5.97 Å². The normalized spacial score (nSPS) is 28.2. The van der Waals surface area contributed by atoms with Gasteiger partial charge in [0.15, 0.2) is 0 Å². The Morgan fingerprint density at radius 1 is 1.17 bits per heavy atom. The summed E-state index contributed by atoms with van der Waals surface area (Å²) in [6.45, 7) is 14.0. The molecule has 0 aromatic carbocycles. The van der Waals surface area contributed by atoms with Gasteiger partial charge in [0, 0.05) is 6.42 Å². The van der Waals surface area contributed by atoms with Crippen LogP contribution in [0.5, 0.6) is 0 Å². The van der Waals surface area contributed by atoms with Crippen LogP contribution in [-0.2, 0) is 9.68 Å². The molecule has 0 aromatic heterocycles. The first-order valence-electron chi connectivity index (χ1n) is 9.42. The van der Waals surface area contributed by atoms with E-state index in [4.69, 9.17) is 5.26 Å². The molecule has 3 atom stereocenters. The lowest BCUT2D eigenvalue weighted by Gasteiger charge is -2.59. The Balaban J connectivity index is 0.000000235. The largest absolute Gasteiger partial charge is 0.342 e. The Kier molecular flexibility index (Phi) is 7.57. The van der Waals surface area contributed by atoms with Crippen molar-refractivity contribution in [3.63, 3.8) is 0 Å². The van der Waals surface area contributed by atoms with E-state index in [1.165, 1.54) is 25.7 Å². The summed E-state index contributed by atoms with van der Waals surface area (Å²) in [7, 11) is 0. The van der Waals surface area contributed by atoms with Crippen LogP contribution in [0.25, 0.3) is 0 Å². The van der Waals surface area contributed by atoms with Gasteiger partial charge in [0.2, 0.25) is 0 Å². The van der Waals surface area contributed by atoms with Crippen LogP contribution in [0.4, 0.5) is 0 Å². The molecular formula is C20H38O3. The maximum absolute atomic E-state index is 10.5. The van der Waals surface area contributed by atoms with Crippen LogP contribution in [0.1, 0.15) is 92.9 Å². The van der Waals surface area contributed by atoms with Crippen LogP contribution in [0, 0.1) is 28.6 Å². The Morgan fingerprint density at radius 2 is 1.83 bits per heavy atom. The molecular weight excluding hydrogens is 288 g/mol. The third-order valence-corrected chi connectivity index (χ3v) is 6.11. The molecule has 3 saturated carbocycles. The standard InChI is InChI=1S/C10H20O3.C10H18/c1-10(2,3)8-6-4-5-7-9(11)13-12;1-7-4-5-8-6-9(7)10(8,2)3/h12H,4-8H2,1-3H3;7-9H,4-6H2,1-3H3. The van der Waals surface area contributed by atoms with Gasteiger partial charge in [-0.15, -0.1) is 0 Å². The van der Waals surface area contributed by atoms with E-state index >= 15 is 0 Å². The summed E-state index contributed by atoms with van der Waals surface area (Å²) in [5.74, 6) is 2.62. The summed E-state index contributed by atoms with van der Waals surface area (Å²) in [5.41, 5.74) is 1.08. The molecule has 3 nitrogen and oxygen atoms in total. The second-order valence-corrected chi connectivity index (χ2v) is 9.50. The Hall–Kier alpha value is -0.570. The summed E-state index contributed by atoms with van der Waals surface area (Å²) in [5, 5.41) is 7.97. The quantitative estimate of drug-likeness (QED) is 0.378. The van der Waals surface area contributed by atoms with Gasteiger partial charge in [-0.1, -0.05) is 60.8 Å². The third-order valence-electron chi connectivity index (χ3n) is 6.11. The molecule has 3 unspecified atom stereocenters. The number of hydrogen-bond acceptors (Lipinski definition) is 3. The zero-order chi connectivity index (χ0) is 17.7. The van der Waals surface area contributed by atoms with Crippen LogP contribution in [-0.4, -0.2) is 11.2 Å². The lowest BCUT2D eigenvalue weighted by molar-refractivity contribution is -0.234. The van der Waals surface area contributed by atoms with Gasteiger partial charge in [-0.2, -0.15) is 5.26 Å². The first-order valence-corrected chi connectivity index (χ1v) is 9.42. The van der Waals surface area contributed by atoms with Gasteiger partial charge in [0.05, 0.1) is 0 Å². The Morgan fingerprint density at radius 3 is 2.22 bits per heavy atom. The third kappa shape index (κ3) is 6.45. The lowest BCUT2D eigenvalue weighted by atomic mass is 9.46. The van der Waals surface area contributed by atoms with Crippen LogP contribution in [0.3, 0.4) is 0 Å². The number of rotatable bonds is 5. The highest BCUT2D eigenvalue weighted by molar-refractivity contribution is 5.68. The van der Waals surface area contributed by atoms with Gasteiger partial charge in [-0.05, 0) is 54.3 Å². The number of carbonyl (C=O) groups is 1. The fourth-order valence-corrected chi connectivity index (χ4v) is 4.32. The van der Waals surface area contributed by atoms with E-state index in [-0.39, 0.29) is 0 Å². The molecule has 0 saturated heterocycles. The van der Waals surface area contributed by atoms with E-state index in [2.05, 4.69) is 46.4 Å². The molecule has 0 radical (unpaired) electrons. The molecule has 3 rings (SSSR count). The highest BCUT2D eigenvalue weighted by atomic mass is 17.1. The molecule has 23 heavy (non-hydrogen) atoms. The van der Waals surface area contributed by atoms with Gasteiger partial charge in [-0.25, -0.2) is 4.79 Å². The van der Waals surface area contributed by atoms with Crippen LogP contribution in [0.15, 0.2) is 0 Å². The van der Waals surface area contributed by atoms with Crippen molar-refractivity contribution in [2.75, 3.05) is 0 Å². The van der Waals surface area contributed by atoms with Crippen LogP contribution >= 0.6 is 0 Å². The molecule has 136 valence electrons. The molecule has 0 aliphatic heterocycles. The van der Waals surface area contributed by atoms with Gasteiger partial charge in [-0.3, -0.25) is 0 Å². The molecule has 3 aliphatic carbocycles. The second-order valence-electron chi connectivity index (χ2n) is 9.50. The van der Waals surface area contributed by atoms with E-state index in [0.29, 0.717) is 17.3 Å². The SMILES string of the molecule is CC(C)(C)CCCCCC(=O)OO.CC1CCC2CC1C2(C)C. The van der Waals surface area contributed by atoms with E-state index in [0.717, 1.165) is 37.0 Å². The number of carbonyl (C=O) groups excluding carboxylic acids is 1. The first kappa shape index (κ1) is 20.5. The topological polar surface area (TPSA) is 46.5 Å². The van der Waals surface area contributed by atoms with Crippen molar-refractivity contribution >= 4 is 5.97 Å². The van der Waals surface area contributed by atoms with Crippen molar-refractivity contribution < 1.29 is 14.9 Å². The molecule has 0 aromatic rings. The summed E-state index contributed by atoms with van der Waals surface area (Å²) in [4.78, 5) is 14.1. The van der Waals surface area contributed by atoms with Crippen molar-refractivity contribution in [1.82, 2.24) is 0 Å². The maximum atomic E-state index is 10.5. The highest BCUT2D eigenvalue weighted by Crippen LogP contribution is 2.61. The van der Waals surface area contributed by atoms with Crippen molar-refractivity contribution in [2.24, 2.45) is 28.6 Å². The molecule has 3 heteroatoms. The zero-order valence-corrected chi connectivity index (χ0v) is 16.2. The monoisotopic (exact) mass is 326 g/mol. The van der Waals surface area contributed by atoms with Crippen molar-refractivity contribution in [3.05, 3.63) is 0 Å². The van der Waals surface area contributed by atoms with E-state index in [1.54, 1.807) is 0 Å². The smallest absolute Gasteiger partial charge is 0.301 e. The predicted octanol–water partition coefficient (Wildman–Crippen LogP) is 6.08. The Bertz CT molecular complexity index is 366. The molecule has 3 fully saturated rings. The lowest BCUT2D eigenvalue weighted by Crippen LogP contribution is -2.51. The fraction of sp³-hybridized carbons (Fsp3) is 0.950. The summed E-state index contributed by atoms with van der Waals surface area (Å²) < 4.78 is 0. The van der Waals surface area contributed by atoms with Crippen molar-refractivity contribution in [2.45, 2.75) is 92.9 Å². The van der Waals surface area contributed by atoms with Gasteiger partial charge in [0.25, 0.3) is 0 Å². The van der Waals surface area contributed by atoms with E-state index in [9.17, 15) is 4.79 Å². The first-order chi connectivity index (χ1) is 10.6. The van der Waals surface area contributed by atoms with E-state index in [1.807, 2.05) is 0 Å². The van der Waals surface area contributed by atoms with Gasteiger partial charge < -0.3 is 4.89 Å². The molecule has 3 aliphatic rings. The fourth-order valence-electron chi connectivity index (χ4n) is 4.32. The predicted molar refractivity (Wildman–Crippen MR) is 95.0 cm³/mol. The van der Waals surface area contributed by atoms with Gasteiger partial charge >= 0.3 is 5.97 Å². The Labute approximate surface area is 143 Å². The van der Waals surface area contributed by atoms with Gasteiger partial charge in [0.1, 0.15) is 0 Å². The maximum Gasteiger partial charge on any atom is 0.342 e. The summed E-state index contributed by atoms with van der Waals surface area (Å²) in [6, 6.07) is 0. The molecule has 1 N–H and O–H groups in total. The minimum absolute atomic E-state index is 0.320.